The van der Waals surface area contributed by atoms with Gasteiger partial charge >= 0.3 is 0 Å². The van der Waals surface area contributed by atoms with Crippen LogP contribution in [-0.2, 0) is 13.5 Å². The number of aryl methyl sites for hydroxylation is 1. The SMILES string of the molecule is CC(NCCc1ccn(C)n1)c1cc(F)ccc1F. The van der Waals surface area contributed by atoms with Crippen LogP contribution in [0.25, 0.3) is 0 Å². The van der Waals surface area contributed by atoms with Crippen LogP contribution in [0.5, 0.6) is 0 Å². The minimum Gasteiger partial charge on any atom is -0.310 e. The summed E-state index contributed by atoms with van der Waals surface area (Å²) >= 11 is 0. The first kappa shape index (κ1) is 13.7. The fourth-order valence-corrected chi connectivity index (χ4v) is 1.97. The average molecular weight is 265 g/mol. The van der Waals surface area contributed by atoms with Gasteiger partial charge in [-0.15, -0.1) is 0 Å². The smallest absolute Gasteiger partial charge is 0.128 e. The number of rotatable bonds is 5. The lowest BCUT2D eigenvalue weighted by atomic mass is 10.1. The molecule has 0 amide bonds. The van der Waals surface area contributed by atoms with E-state index in [1.807, 2.05) is 26.2 Å². The Kier molecular flexibility index (Phi) is 4.27. The Bertz CT molecular complexity index is 551. The summed E-state index contributed by atoms with van der Waals surface area (Å²) in [6.45, 7) is 2.48. The number of aromatic nitrogens is 2. The van der Waals surface area contributed by atoms with Crippen LogP contribution < -0.4 is 5.32 Å². The molecule has 1 N–H and O–H groups in total. The van der Waals surface area contributed by atoms with Gasteiger partial charge in [-0.25, -0.2) is 8.78 Å². The number of benzene rings is 1. The van der Waals surface area contributed by atoms with Gasteiger partial charge in [0, 0.05) is 37.8 Å². The molecule has 1 aromatic carbocycles. The molecule has 0 radical (unpaired) electrons. The van der Waals surface area contributed by atoms with E-state index in [1.54, 1.807) is 4.68 Å². The van der Waals surface area contributed by atoms with E-state index in [9.17, 15) is 8.78 Å². The summed E-state index contributed by atoms with van der Waals surface area (Å²) in [6, 6.07) is 5.21. The van der Waals surface area contributed by atoms with Crippen molar-refractivity contribution >= 4 is 0 Å². The molecule has 1 atom stereocenters. The molecule has 0 fully saturated rings. The minimum absolute atomic E-state index is 0.237. The predicted molar refractivity (Wildman–Crippen MR) is 69.7 cm³/mol. The lowest BCUT2D eigenvalue weighted by molar-refractivity contribution is 0.519. The second-order valence-electron chi connectivity index (χ2n) is 4.57. The Morgan fingerprint density at radius 1 is 1.32 bits per heavy atom. The van der Waals surface area contributed by atoms with Crippen molar-refractivity contribution in [2.75, 3.05) is 6.54 Å². The summed E-state index contributed by atoms with van der Waals surface area (Å²) in [5.41, 5.74) is 1.32. The van der Waals surface area contributed by atoms with Crippen molar-refractivity contribution in [1.29, 1.82) is 0 Å². The van der Waals surface area contributed by atoms with Crippen molar-refractivity contribution in [3.8, 4) is 0 Å². The van der Waals surface area contributed by atoms with Crippen molar-refractivity contribution in [3.05, 3.63) is 53.4 Å². The van der Waals surface area contributed by atoms with E-state index >= 15 is 0 Å². The largest absolute Gasteiger partial charge is 0.310 e. The van der Waals surface area contributed by atoms with Crippen molar-refractivity contribution in [1.82, 2.24) is 15.1 Å². The van der Waals surface area contributed by atoms with E-state index in [2.05, 4.69) is 10.4 Å². The topological polar surface area (TPSA) is 29.9 Å². The molecule has 5 heteroatoms. The average Bonchev–Trinajstić information content (AvgIpc) is 2.78. The van der Waals surface area contributed by atoms with Gasteiger partial charge in [0.2, 0.25) is 0 Å². The van der Waals surface area contributed by atoms with Crippen LogP contribution in [0.15, 0.2) is 30.5 Å². The lowest BCUT2D eigenvalue weighted by Gasteiger charge is -2.14. The van der Waals surface area contributed by atoms with E-state index in [0.717, 1.165) is 24.2 Å². The van der Waals surface area contributed by atoms with Gasteiger partial charge in [-0.2, -0.15) is 5.10 Å². The molecule has 1 unspecified atom stereocenters. The zero-order valence-electron chi connectivity index (χ0n) is 11.0. The third-order valence-corrected chi connectivity index (χ3v) is 3.03. The number of nitrogens with zero attached hydrogens (tertiary/aromatic N) is 2. The summed E-state index contributed by atoms with van der Waals surface area (Å²) in [7, 11) is 1.86. The van der Waals surface area contributed by atoms with Gasteiger partial charge in [0.1, 0.15) is 11.6 Å². The zero-order chi connectivity index (χ0) is 13.8. The highest BCUT2D eigenvalue weighted by Crippen LogP contribution is 2.17. The molecular weight excluding hydrogens is 248 g/mol. The molecule has 102 valence electrons. The van der Waals surface area contributed by atoms with Gasteiger partial charge < -0.3 is 5.32 Å². The minimum atomic E-state index is -0.422. The third kappa shape index (κ3) is 3.61. The molecule has 0 bridgehead atoms. The van der Waals surface area contributed by atoms with Gasteiger partial charge in [0.15, 0.2) is 0 Å². The van der Waals surface area contributed by atoms with Crippen LogP contribution >= 0.6 is 0 Å². The first-order valence-corrected chi connectivity index (χ1v) is 6.23. The first-order valence-electron chi connectivity index (χ1n) is 6.23. The van der Waals surface area contributed by atoms with E-state index < -0.39 is 5.82 Å². The summed E-state index contributed by atoms with van der Waals surface area (Å²) in [4.78, 5) is 0. The second kappa shape index (κ2) is 5.93. The number of hydrogen-bond acceptors (Lipinski definition) is 2. The zero-order valence-corrected chi connectivity index (χ0v) is 11.0. The van der Waals surface area contributed by atoms with E-state index in [1.165, 1.54) is 6.07 Å². The summed E-state index contributed by atoms with van der Waals surface area (Å²) in [5, 5.41) is 7.42. The highest BCUT2D eigenvalue weighted by molar-refractivity contribution is 5.21. The molecule has 3 nitrogen and oxygen atoms in total. The maximum Gasteiger partial charge on any atom is 0.128 e. The van der Waals surface area contributed by atoms with E-state index in [-0.39, 0.29) is 11.9 Å². The molecule has 0 saturated heterocycles. The van der Waals surface area contributed by atoms with Crippen molar-refractivity contribution in [2.24, 2.45) is 7.05 Å². The Balaban J connectivity index is 1.90. The van der Waals surface area contributed by atoms with Gasteiger partial charge in [-0.3, -0.25) is 4.68 Å². The maximum absolute atomic E-state index is 13.6. The fraction of sp³-hybridized carbons (Fsp3) is 0.357. The lowest BCUT2D eigenvalue weighted by Crippen LogP contribution is -2.22. The molecule has 0 aliphatic heterocycles. The van der Waals surface area contributed by atoms with Gasteiger partial charge in [-0.05, 0) is 31.2 Å². The van der Waals surface area contributed by atoms with E-state index in [4.69, 9.17) is 0 Å². The number of hydrogen-bond donors (Lipinski definition) is 1. The van der Waals surface area contributed by atoms with Crippen LogP contribution in [0.2, 0.25) is 0 Å². The predicted octanol–water partition coefficient (Wildman–Crippen LogP) is 2.59. The molecular formula is C14H17F2N3. The Morgan fingerprint density at radius 3 is 2.79 bits per heavy atom. The molecule has 0 aliphatic carbocycles. The molecule has 2 rings (SSSR count). The van der Waals surface area contributed by atoms with Crippen molar-refractivity contribution in [2.45, 2.75) is 19.4 Å². The van der Waals surface area contributed by atoms with Crippen molar-refractivity contribution in [3.63, 3.8) is 0 Å². The van der Waals surface area contributed by atoms with Crippen LogP contribution in [0.3, 0.4) is 0 Å². The maximum atomic E-state index is 13.6. The van der Waals surface area contributed by atoms with Gasteiger partial charge in [-0.1, -0.05) is 0 Å². The number of nitrogens with one attached hydrogen (secondary N) is 1. The van der Waals surface area contributed by atoms with Crippen molar-refractivity contribution < 1.29 is 8.78 Å². The van der Waals surface area contributed by atoms with Gasteiger partial charge in [0.25, 0.3) is 0 Å². The van der Waals surface area contributed by atoms with Crippen LogP contribution in [-0.4, -0.2) is 16.3 Å². The van der Waals surface area contributed by atoms with Crippen LogP contribution in [0.1, 0.15) is 24.2 Å². The highest BCUT2D eigenvalue weighted by atomic mass is 19.1. The fourth-order valence-electron chi connectivity index (χ4n) is 1.97. The summed E-state index contributed by atoms with van der Waals surface area (Å²) in [6.07, 6.45) is 2.63. The monoisotopic (exact) mass is 265 g/mol. The summed E-state index contributed by atoms with van der Waals surface area (Å²) < 4.78 is 28.4. The Hall–Kier alpha value is -1.75. The number of halogens is 2. The molecule has 1 heterocycles. The molecule has 1 aromatic heterocycles. The molecule has 0 spiro atoms. The van der Waals surface area contributed by atoms with Crippen LogP contribution in [0.4, 0.5) is 8.78 Å². The first-order chi connectivity index (χ1) is 9.06. The Morgan fingerprint density at radius 2 is 2.11 bits per heavy atom. The highest BCUT2D eigenvalue weighted by Gasteiger charge is 2.11. The third-order valence-electron chi connectivity index (χ3n) is 3.03. The molecule has 2 aromatic rings. The van der Waals surface area contributed by atoms with Gasteiger partial charge in [0.05, 0.1) is 5.69 Å². The van der Waals surface area contributed by atoms with E-state index in [0.29, 0.717) is 12.1 Å². The Labute approximate surface area is 111 Å². The quantitative estimate of drug-likeness (QED) is 0.900. The second-order valence-corrected chi connectivity index (χ2v) is 4.57. The molecule has 0 saturated carbocycles. The standard InChI is InChI=1S/C14H17F2N3/c1-10(13-9-11(15)3-4-14(13)16)17-7-5-12-6-8-19(2)18-12/h3-4,6,8-10,17H,5,7H2,1-2H3. The van der Waals surface area contributed by atoms with Crippen LogP contribution in [0, 0.1) is 11.6 Å². The molecule has 0 aliphatic rings. The normalized spacial score (nSPS) is 12.6. The summed E-state index contributed by atoms with van der Waals surface area (Å²) in [5.74, 6) is -0.811. The molecule has 19 heavy (non-hydrogen) atoms.